The van der Waals surface area contributed by atoms with Gasteiger partial charge in [0.25, 0.3) is 0 Å². The number of hydrogen-bond donors (Lipinski definition) is 1. The van der Waals surface area contributed by atoms with Crippen LogP contribution in [0.4, 0.5) is 5.69 Å². The van der Waals surface area contributed by atoms with Crippen molar-refractivity contribution in [3.8, 4) is 0 Å². The van der Waals surface area contributed by atoms with Crippen molar-refractivity contribution in [3.05, 3.63) is 76.8 Å². The first kappa shape index (κ1) is 20.0. The zero-order valence-electron chi connectivity index (χ0n) is 17.1. The van der Waals surface area contributed by atoms with Gasteiger partial charge in [0.1, 0.15) is 6.04 Å². The molecule has 31 heavy (non-hydrogen) atoms. The van der Waals surface area contributed by atoms with Gasteiger partial charge in [-0.1, -0.05) is 60.2 Å². The zero-order valence-corrected chi connectivity index (χ0v) is 17.9. The molecule has 3 aliphatic rings. The summed E-state index contributed by atoms with van der Waals surface area (Å²) in [4.78, 5) is 41.4. The van der Waals surface area contributed by atoms with Crippen molar-refractivity contribution < 1.29 is 14.4 Å². The van der Waals surface area contributed by atoms with Gasteiger partial charge in [-0.3, -0.25) is 19.3 Å². The number of imide groups is 1. The minimum absolute atomic E-state index is 0.104. The molecule has 2 bridgehead atoms. The first-order valence-corrected chi connectivity index (χ1v) is 11.0. The second-order valence-electron chi connectivity index (χ2n) is 8.70. The molecule has 2 aromatic carbocycles. The van der Waals surface area contributed by atoms with Crippen molar-refractivity contribution in [3.63, 3.8) is 0 Å². The average molecular weight is 435 g/mol. The van der Waals surface area contributed by atoms with E-state index in [1.54, 1.807) is 12.1 Å². The van der Waals surface area contributed by atoms with E-state index in [1.807, 2.05) is 43.3 Å². The molecule has 5 atom stereocenters. The van der Waals surface area contributed by atoms with Crippen LogP contribution >= 0.6 is 11.6 Å². The highest BCUT2D eigenvalue weighted by molar-refractivity contribution is 6.31. The lowest BCUT2D eigenvalue weighted by Gasteiger charge is -2.27. The molecule has 2 fully saturated rings. The molecule has 2 aromatic rings. The number of allylic oxidation sites excluding steroid dienone is 2. The van der Waals surface area contributed by atoms with Crippen molar-refractivity contribution in [2.75, 3.05) is 5.32 Å². The highest BCUT2D eigenvalue weighted by Gasteiger charge is 2.61. The largest absolute Gasteiger partial charge is 0.324 e. The van der Waals surface area contributed by atoms with Gasteiger partial charge in [-0.15, -0.1) is 0 Å². The van der Waals surface area contributed by atoms with Gasteiger partial charge < -0.3 is 5.32 Å². The lowest BCUT2D eigenvalue weighted by atomic mass is 9.85. The molecule has 0 radical (unpaired) electrons. The third-order valence-electron chi connectivity index (χ3n) is 6.85. The van der Waals surface area contributed by atoms with Crippen LogP contribution in [0.2, 0.25) is 5.02 Å². The Bertz CT molecular complexity index is 1070. The van der Waals surface area contributed by atoms with Gasteiger partial charge in [-0.2, -0.15) is 0 Å². The van der Waals surface area contributed by atoms with Gasteiger partial charge in [0.05, 0.1) is 11.8 Å². The fourth-order valence-corrected chi connectivity index (χ4v) is 5.49. The van der Waals surface area contributed by atoms with E-state index in [0.29, 0.717) is 10.7 Å². The normalized spacial score (nSPS) is 27.0. The second-order valence-corrected chi connectivity index (χ2v) is 9.14. The van der Waals surface area contributed by atoms with Crippen molar-refractivity contribution in [1.29, 1.82) is 0 Å². The number of carbonyl (C=O) groups is 3. The minimum Gasteiger partial charge on any atom is -0.324 e. The summed E-state index contributed by atoms with van der Waals surface area (Å²) in [7, 11) is 0. The van der Waals surface area contributed by atoms with Crippen LogP contribution in [0.5, 0.6) is 0 Å². The maximum atomic E-state index is 13.4. The van der Waals surface area contributed by atoms with Crippen molar-refractivity contribution >= 4 is 35.0 Å². The van der Waals surface area contributed by atoms with Crippen LogP contribution in [0.3, 0.4) is 0 Å². The van der Waals surface area contributed by atoms with Crippen LogP contribution in [0, 0.1) is 30.6 Å². The van der Waals surface area contributed by atoms with Crippen LogP contribution < -0.4 is 5.32 Å². The first-order chi connectivity index (χ1) is 14.9. The summed E-state index contributed by atoms with van der Waals surface area (Å²) in [5, 5.41) is 3.41. The molecule has 0 unspecified atom stereocenters. The Balaban J connectivity index is 1.47. The maximum absolute atomic E-state index is 13.4. The standard InChI is InChI=1S/C25H23ClN2O3/c1-14-7-10-18(26)13-19(14)27-23(29)20(11-15-5-3-2-4-6-15)28-24(30)21-16-8-9-17(12-16)22(21)25(28)31/h2-10,13,16-17,20-22H,11-12H2,1H3,(H,27,29)/t16-,17+,20-,21-,22+/m0/s1. The van der Waals surface area contributed by atoms with Gasteiger partial charge in [0, 0.05) is 17.1 Å². The number of amides is 3. The van der Waals surface area contributed by atoms with E-state index < -0.39 is 6.04 Å². The Morgan fingerprint density at radius 2 is 1.71 bits per heavy atom. The summed E-state index contributed by atoms with van der Waals surface area (Å²) >= 11 is 6.11. The molecule has 1 aliphatic heterocycles. The Kier molecular flexibility index (Phi) is 4.94. The molecular formula is C25H23ClN2O3. The number of aryl methyl sites for hydroxylation is 1. The number of nitrogens with zero attached hydrogens (tertiary/aromatic N) is 1. The lowest BCUT2D eigenvalue weighted by molar-refractivity contribution is -0.147. The number of nitrogens with one attached hydrogen (secondary N) is 1. The van der Waals surface area contributed by atoms with Gasteiger partial charge in [-0.25, -0.2) is 0 Å². The van der Waals surface area contributed by atoms with Crippen LogP contribution in [-0.2, 0) is 20.8 Å². The quantitative estimate of drug-likeness (QED) is 0.571. The van der Waals surface area contributed by atoms with Gasteiger partial charge in [0.2, 0.25) is 17.7 Å². The van der Waals surface area contributed by atoms with Crippen LogP contribution in [0.25, 0.3) is 0 Å². The van der Waals surface area contributed by atoms with Crippen LogP contribution in [0.15, 0.2) is 60.7 Å². The highest BCUT2D eigenvalue weighted by atomic mass is 35.5. The molecule has 5 nitrogen and oxygen atoms in total. The predicted octanol–water partition coefficient (Wildman–Crippen LogP) is 4.01. The molecule has 3 amide bonds. The number of benzene rings is 2. The van der Waals surface area contributed by atoms with E-state index in [9.17, 15) is 14.4 Å². The SMILES string of the molecule is Cc1ccc(Cl)cc1NC(=O)[C@H](Cc1ccccc1)N1C(=O)[C@@H]2[C@H](C1=O)[C@@H]1C=C[C@H]2C1. The van der Waals surface area contributed by atoms with E-state index in [2.05, 4.69) is 17.5 Å². The summed E-state index contributed by atoms with van der Waals surface area (Å²) < 4.78 is 0. The second kappa shape index (κ2) is 7.65. The summed E-state index contributed by atoms with van der Waals surface area (Å²) in [6, 6.07) is 13.8. The summed E-state index contributed by atoms with van der Waals surface area (Å²) in [6.45, 7) is 1.87. The van der Waals surface area contributed by atoms with E-state index in [4.69, 9.17) is 11.6 Å². The maximum Gasteiger partial charge on any atom is 0.248 e. The summed E-state index contributed by atoms with van der Waals surface area (Å²) in [5.41, 5.74) is 2.33. The van der Waals surface area contributed by atoms with Gasteiger partial charge in [0.15, 0.2) is 0 Å². The number of rotatable bonds is 5. The van der Waals surface area contributed by atoms with E-state index in [1.165, 1.54) is 4.90 Å². The third kappa shape index (κ3) is 3.37. The Labute approximate surface area is 186 Å². The molecule has 0 aromatic heterocycles. The fourth-order valence-electron chi connectivity index (χ4n) is 5.32. The van der Waals surface area contributed by atoms with Crippen molar-refractivity contribution in [1.82, 2.24) is 4.90 Å². The van der Waals surface area contributed by atoms with Crippen molar-refractivity contribution in [2.24, 2.45) is 23.7 Å². The van der Waals surface area contributed by atoms with Crippen LogP contribution in [-0.4, -0.2) is 28.7 Å². The molecular weight excluding hydrogens is 412 g/mol. The van der Waals surface area contributed by atoms with Gasteiger partial charge in [-0.05, 0) is 48.4 Å². The number of hydrogen-bond acceptors (Lipinski definition) is 3. The van der Waals surface area contributed by atoms with E-state index >= 15 is 0 Å². The lowest BCUT2D eigenvalue weighted by Crippen LogP contribution is -2.49. The Morgan fingerprint density at radius 1 is 1.06 bits per heavy atom. The third-order valence-corrected chi connectivity index (χ3v) is 7.08. The van der Waals surface area contributed by atoms with Crippen molar-refractivity contribution in [2.45, 2.75) is 25.8 Å². The topological polar surface area (TPSA) is 66.5 Å². The fraction of sp³-hybridized carbons (Fsp3) is 0.320. The number of halogens is 1. The minimum atomic E-state index is -0.911. The predicted molar refractivity (Wildman–Crippen MR) is 118 cm³/mol. The number of anilines is 1. The molecule has 1 heterocycles. The zero-order chi connectivity index (χ0) is 21.7. The molecule has 0 spiro atoms. The molecule has 1 saturated carbocycles. The van der Waals surface area contributed by atoms with E-state index in [0.717, 1.165) is 17.5 Å². The van der Waals surface area contributed by atoms with E-state index in [-0.39, 0.29) is 47.8 Å². The molecule has 158 valence electrons. The average Bonchev–Trinajstić information content (AvgIpc) is 3.44. The Hall–Kier alpha value is -2.92. The number of fused-ring (bicyclic) bond motifs is 5. The summed E-state index contributed by atoms with van der Waals surface area (Å²) in [5.74, 6) is -1.27. The molecule has 1 N–H and O–H groups in total. The molecule has 6 heteroatoms. The van der Waals surface area contributed by atoms with Crippen LogP contribution in [0.1, 0.15) is 17.5 Å². The first-order valence-electron chi connectivity index (χ1n) is 10.6. The number of carbonyl (C=O) groups excluding carboxylic acids is 3. The summed E-state index contributed by atoms with van der Waals surface area (Å²) in [6.07, 6.45) is 5.24. The smallest absolute Gasteiger partial charge is 0.248 e. The Morgan fingerprint density at radius 3 is 2.35 bits per heavy atom. The molecule has 1 saturated heterocycles. The van der Waals surface area contributed by atoms with Gasteiger partial charge >= 0.3 is 0 Å². The molecule has 5 rings (SSSR count). The molecule has 2 aliphatic carbocycles. The highest BCUT2D eigenvalue weighted by Crippen LogP contribution is 2.53. The monoisotopic (exact) mass is 434 g/mol. The number of likely N-dealkylation sites (tertiary alicyclic amines) is 1.